The van der Waals surface area contributed by atoms with Gasteiger partial charge in [0.1, 0.15) is 6.04 Å². The molecule has 0 radical (unpaired) electrons. The Morgan fingerprint density at radius 3 is 3.00 bits per heavy atom. The van der Waals surface area contributed by atoms with Gasteiger partial charge in [-0.25, -0.2) is 0 Å². The molecule has 80 valence electrons. The van der Waals surface area contributed by atoms with Crippen LogP contribution in [0.1, 0.15) is 20.3 Å². The van der Waals surface area contributed by atoms with Crippen LogP contribution < -0.4 is 5.32 Å². The van der Waals surface area contributed by atoms with Gasteiger partial charge in [-0.1, -0.05) is 22.9 Å². The first-order valence-electron chi connectivity index (χ1n) is 4.80. The highest BCUT2D eigenvalue weighted by atomic mass is 79.9. The van der Waals surface area contributed by atoms with Crippen LogP contribution in [0.2, 0.25) is 0 Å². The Bertz CT molecular complexity index is 245. The third kappa shape index (κ3) is 2.26. The topological polar surface area (TPSA) is 49.4 Å². The highest BCUT2D eigenvalue weighted by Gasteiger charge is 2.31. The quantitative estimate of drug-likeness (QED) is 0.738. The lowest BCUT2D eigenvalue weighted by Crippen LogP contribution is -2.57. The summed E-state index contributed by atoms with van der Waals surface area (Å²) in [6.45, 7) is 4.85. The van der Waals surface area contributed by atoms with Crippen molar-refractivity contribution >= 4 is 27.7 Å². The van der Waals surface area contributed by atoms with E-state index in [1.54, 1.807) is 11.8 Å². The van der Waals surface area contributed by atoms with E-state index in [1.165, 1.54) is 0 Å². The van der Waals surface area contributed by atoms with Crippen molar-refractivity contribution in [1.82, 2.24) is 10.2 Å². The Balaban J connectivity index is 2.66. The van der Waals surface area contributed by atoms with E-state index in [9.17, 15) is 9.59 Å². The van der Waals surface area contributed by atoms with E-state index >= 15 is 0 Å². The van der Waals surface area contributed by atoms with E-state index in [0.29, 0.717) is 13.1 Å². The zero-order chi connectivity index (χ0) is 10.7. The van der Waals surface area contributed by atoms with Crippen LogP contribution in [0.4, 0.5) is 0 Å². The van der Waals surface area contributed by atoms with Gasteiger partial charge in [0.2, 0.25) is 11.8 Å². The third-order valence-corrected chi connectivity index (χ3v) is 3.45. The molecule has 5 heteroatoms. The molecule has 1 fully saturated rings. The molecule has 4 nitrogen and oxygen atoms in total. The molecule has 2 amide bonds. The van der Waals surface area contributed by atoms with Gasteiger partial charge in [0, 0.05) is 13.1 Å². The van der Waals surface area contributed by atoms with Crippen LogP contribution in [0.5, 0.6) is 0 Å². The van der Waals surface area contributed by atoms with Gasteiger partial charge in [-0.05, 0) is 13.3 Å². The van der Waals surface area contributed by atoms with Crippen LogP contribution in [0.3, 0.4) is 0 Å². The van der Waals surface area contributed by atoms with Gasteiger partial charge < -0.3 is 10.2 Å². The standard InChI is InChI=1S/C9H15BrN2O2/c1-3-7(10)9(14)12-5-4-11-8(13)6(12)2/h6-7H,3-5H2,1-2H3,(H,11,13). The number of carbonyl (C=O) groups is 2. The molecule has 0 saturated carbocycles. The van der Waals surface area contributed by atoms with Crippen LogP contribution in [0, 0.1) is 0 Å². The first kappa shape index (κ1) is 11.5. The number of amides is 2. The van der Waals surface area contributed by atoms with Crippen LogP contribution in [0.15, 0.2) is 0 Å². The maximum absolute atomic E-state index is 11.8. The van der Waals surface area contributed by atoms with Crippen molar-refractivity contribution < 1.29 is 9.59 Å². The van der Waals surface area contributed by atoms with Gasteiger partial charge in [0.15, 0.2) is 0 Å². The van der Waals surface area contributed by atoms with Gasteiger partial charge in [-0.15, -0.1) is 0 Å². The maximum atomic E-state index is 11.8. The molecule has 1 heterocycles. The van der Waals surface area contributed by atoms with Gasteiger partial charge in [-0.2, -0.15) is 0 Å². The highest BCUT2D eigenvalue weighted by Crippen LogP contribution is 2.13. The second-order valence-corrected chi connectivity index (χ2v) is 4.48. The van der Waals surface area contributed by atoms with Crippen molar-refractivity contribution in [2.75, 3.05) is 13.1 Å². The van der Waals surface area contributed by atoms with Crippen molar-refractivity contribution in [2.45, 2.75) is 31.1 Å². The molecule has 0 aromatic carbocycles. The van der Waals surface area contributed by atoms with Crippen LogP contribution in [-0.2, 0) is 9.59 Å². The minimum Gasteiger partial charge on any atom is -0.353 e. The minimum absolute atomic E-state index is 0.00912. The highest BCUT2D eigenvalue weighted by molar-refractivity contribution is 9.10. The number of nitrogens with zero attached hydrogens (tertiary/aromatic N) is 1. The Hall–Kier alpha value is -0.580. The fourth-order valence-electron chi connectivity index (χ4n) is 1.44. The molecule has 1 N–H and O–H groups in total. The lowest BCUT2D eigenvalue weighted by atomic mass is 10.2. The second kappa shape index (κ2) is 4.77. The summed E-state index contributed by atoms with van der Waals surface area (Å²) < 4.78 is 0. The zero-order valence-electron chi connectivity index (χ0n) is 8.42. The summed E-state index contributed by atoms with van der Waals surface area (Å²) in [5.41, 5.74) is 0. The van der Waals surface area contributed by atoms with Crippen LogP contribution >= 0.6 is 15.9 Å². The average Bonchev–Trinajstić information content (AvgIpc) is 2.20. The average molecular weight is 263 g/mol. The molecular weight excluding hydrogens is 248 g/mol. The number of alkyl halides is 1. The van der Waals surface area contributed by atoms with E-state index in [-0.39, 0.29) is 22.7 Å². The van der Waals surface area contributed by atoms with Gasteiger partial charge >= 0.3 is 0 Å². The Morgan fingerprint density at radius 2 is 2.43 bits per heavy atom. The molecular formula is C9H15BrN2O2. The fourth-order valence-corrected chi connectivity index (χ4v) is 1.70. The van der Waals surface area contributed by atoms with E-state index in [1.807, 2.05) is 6.92 Å². The van der Waals surface area contributed by atoms with Crippen molar-refractivity contribution in [2.24, 2.45) is 0 Å². The first-order chi connectivity index (χ1) is 6.57. The molecule has 2 unspecified atom stereocenters. The van der Waals surface area contributed by atoms with Crippen molar-refractivity contribution in [3.63, 3.8) is 0 Å². The van der Waals surface area contributed by atoms with Crippen molar-refractivity contribution in [3.05, 3.63) is 0 Å². The molecule has 1 aliphatic heterocycles. The monoisotopic (exact) mass is 262 g/mol. The van der Waals surface area contributed by atoms with Gasteiger partial charge in [0.25, 0.3) is 0 Å². The predicted molar refractivity (Wildman–Crippen MR) is 57.2 cm³/mol. The Kier molecular flexibility index (Phi) is 3.92. The molecule has 0 aromatic heterocycles. The maximum Gasteiger partial charge on any atom is 0.242 e. The summed E-state index contributed by atoms with van der Waals surface area (Å²) in [6, 6.07) is -0.345. The van der Waals surface area contributed by atoms with Gasteiger partial charge in [-0.3, -0.25) is 9.59 Å². The number of halogens is 1. The minimum atomic E-state index is -0.345. The number of nitrogens with one attached hydrogen (secondary N) is 1. The Labute approximate surface area is 92.2 Å². The number of piperazine rings is 1. The van der Waals surface area contributed by atoms with E-state index in [4.69, 9.17) is 0 Å². The van der Waals surface area contributed by atoms with E-state index < -0.39 is 0 Å². The van der Waals surface area contributed by atoms with Crippen LogP contribution in [0.25, 0.3) is 0 Å². The van der Waals surface area contributed by atoms with E-state index in [2.05, 4.69) is 21.2 Å². The SMILES string of the molecule is CCC(Br)C(=O)N1CCNC(=O)C1C. The molecule has 0 aliphatic carbocycles. The molecule has 1 saturated heterocycles. The van der Waals surface area contributed by atoms with Crippen molar-refractivity contribution in [1.29, 1.82) is 0 Å². The largest absolute Gasteiger partial charge is 0.353 e. The predicted octanol–water partition coefficient (Wildman–Crippen LogP) is 0.507. The van der Waals surface area contributed by atoms with E-state index in [0.717, 1.165) is 6.42 Å². The smallest absolute Gasteiger partial charge is 0.242 e. The second-order valence-electron chi connectivity index (χ2n) is 3.37. The van der Waals surface area contributed by atoms with Crippen molar-refractivity contribution in [3.8, 4) is 0 Å². The van der Waals surface area contributed by atoms with Crippen LogP contribution in [-0.4, -0.2) is 40.7 Å². The summed E-state index contributed by atoms with van der Waals surface area (Å²) in [5, 5.41) is 2.73. The third-order valence-electron chi connectivity index (χ3n) is 2.41. The summed E-state index contributed by atoms with van der Waals surface area (Å²) in [7, 11) is 0. The molecule has 0 spiro atoms. The number of carbonyl (C=O) groups excluding carboxylic acids is 2. The number of hydrogen-bond acceptors (Lipinski definition) is 2. The number of hydrogen-bond donors (Lipinski definition) is 1. The lowest BCUT2D eigenvalue weighted by molar-refractivity contribution is -0.142. The molecule has 1 rings (SSSR count). The molecule has 2 atom stereocenters. The normalized spacial score (nSPS) is 24.4. The molecule has 14 heavy (non-hydrogen) atoms. The Morgan fingerprint density at radius 1 is 1.79 bits per heavy atom. The fraction of sp³-hybridized carbons (Fsp3) is 0.778. The summed E-state index contributed by atoms with van der Waals surface area (Å²) in [6.07, 6.45) is 0.740. The first-order valence-corrected chi connectivity index (χ1v) is 5.71. The van der Waals surface area contributed by atoms with Gasteiger partial charge in [0.05, 0.1) is 4.83 Å². The zero-order valence-corrected chi connectivity index (χ0v) is 10.0. The summed E-state index contributed by atoms with van der Waals surface area (Å²) in [4.78, 5) is 24.5. The summed E-state index contributed by atoms with van der Waals surface area (Å²) >= 11 is 3.30. The lowest BCUT2D eigenvalue weighted by Gasteiger charge is -2.34. The summed E-state index contributed by atoms with van der Waals surface area (Å²) in [5.74, 6) is -0.0600. The number of rotatable bonds is 2. The molecule has 0 aromatic rings. The molecule has 1 aliphatic rings. The molecule has 0 bridgehead atoms.